The third kappa shape index (κ3) is 4.05. The molecule has 6 nitrogen and oxygen atoms in total. The van der Waals surface area contributed by atoms with Crippen LogP contribution in [-0.2, 0) is 9.59 Å². The van der Waals surface area contributed by atoms with Crippen molar-refractivity contribution in [3.05, 3.63) is 27.5 Å². The molecular weight excluding hydrogens is 465 g/mol. The Labute approximate surface area is 194 Å². The van der Waals surface area contributed by atoms with Crippen molar-refractivity contribution >= 4 is 35.0 Å². The maximum Gasteiger partial charge on any atom is 0.223 e. The zero-order valence-electron chi connectivity index (χ0n) is 17.6. The summed E-state index contributed by atoms with van der Waals surface area (Å²) in [5, 5.41) is 25.6. The van der Waals surface area contributed by atoms with E-state index >= 15 is 8.78 Å². The Morgan fingerprint density at radius 3 is 2.44 bits per heavy atom. The maximum atomic E-state index is 15.1. The average molecular weight is 491 g/mol. The lowest BCUT2D eigenvalue weighted by Gasteiger charge is -2.38. The molecule has 1 aromatic carbocycles. The van der Waals surface area contributed by atoms with Gasteiger partial charge in [-0.15, -0.1) is 0 Å². The second-order valence-electron chi connectivity index (χ2n) is 9.59. The Morgan fingerprint density at radius 2 is 1.88 bits per heavy atom. The van der Waals surface area contributed by atoms with Crippen LogP contribution in [0, 0.1) is 17.2 Å². The van der Waals surface area contributed by atoms with Crippen LogP contribution < -0.4 is 10.6 Å². The minimum Gasteiger partial charge on any atom is -0.505 e. The Hall–Kier alpha value is -1.64. The Kier molecular flexibility index (Phi) is 6.09. The molecule has 4 rings (SSSR count). The van der Waals surface area contributed by atoms with Crippen LogP contribution in [0.25, 0.3) is 0 Å². The normalized spacial score (nSPS) is 34.5. The number of aliphatic hydroxyl groups excluding tert-OH is 1. The van der Waals surface area contributed by atoms with E-state index in [2.05, 4.69) is 10.6 Å². The number of aromatic hydroxyl groups is 1. The van der Waals surface area contributed by atoms with Gasteiger partial charge >= 0.3 is 0 Å². The molecule has 0 unspecified atom stereocenters. The monoisotopic (exact) mass is 490 g/mol. The molecule has 3 fully saturated rings. The number of phenolic OH excluding ortho intramolecular Hbond substituents is 1. The van der Waals surface area contributed by atoms with E-state index < -0.39 is 52.7 Å². The zero-order chi connectivity index (χ0) is 23.4. The zero-order valence-corrected chi connectivity index (χ0v) is 19.1. The summed E-state index contributed by atoms with van der Waals surface area (Å²) in [7, 11) is 0. The van der Waals surface area contributed by atoms with E-state index in [1.807, 2.05) is 0 Å². The van der Waals surface area contributed by atoms with Crippen molar-refractivity contribution in [2.45, 2.75) is 75.7 Å². The van der Waals surface area contributed by atoms with E-state index in [0.717, 1.165) is 6.07 Å². The number of rotatable bonds is 5. The largest absolute Gasteiger partial charge is 0.505 e. The van der Waals surface area contributed by atoms with Gasteiger partial charge in [-0.05, 0) is 50.4 Å². The first-order valence-electron chi connectivity index (χ1n) is 10.8. The lowest BCUT2D eigenvalue weighted by molar-refractivity contribution is -0.127. The molecule has 1 aromatic rings. The van der Waals surface area contributed by atoms with Crippen molar-refractivity contribution in [1.82, 2.24) is 10.6 Å². The van der Waals surface area contributed by atoms with Gasteiger partial charge in [-0.1, -0.05) is 23.2 Å². The van der Waals surface area contributed by atoms with Crippen LogP contribution in [0.5, 0.6) is 5.75 Å². The summed E-state index contributed by atoms with van der Waals surface area (Å²) in [6.45, 7) is 1.33. The van der Waals surface area contributed by atoms with Gasteiger partial charge in [-0.25, -0.2) is 8.78 Å². The molecule has 3 aliphatic rings. The molecule has 0 spiro atoms. The summed E-state index contributed by atoms with van der Waals surface area (Å²) >= 11 is 12.4. The number of carbonyl (C=O) groups is 2. The Bertz CT molecular complexity index is 926. The summed E-state index contributed by atoms with van der Waals surface area (Å²) in [6, 6.07) is -0.566. The third-order valence-electron chi connectivity index (χ3n) is 7.46. The SMILES string of the molecule is CC(=O)N[C@H]1C[C@@H](C(=O)N[C@H](c2c(F)c(O)cc(Cl)c2Cl)C23CCC(F)(CC2)C3)C[C@H]1O. The van der Waals surface area contributed by atoms with Gasteiger partial charge in [-0.2, -0.15) is 0 Å². The Balaban J connectivity index is 1.67. The molecule has 10 heteroatoms. The van der Waals surface area contributed by atoms with Crippen molar-refractivity contribution in [1.29, 1.82) is 0 Å². The number of phenols is 1. The van der Waals surface area contributed by atoms with Crippen LogP contribution in [0.15, 0.2) is 6.07 Å². The predicted octanol–water partition coefficient (Wildman–Crippen LogP) is 3.94. The third-order valence-corrected chi connectivity index (χ3v) is 8.26. The van der Waals surface area contributed by atoms with E-state index in [0.29, 0.717) is 25.7 Å². The second-order valence-corrected chi connectivity index (χ2v) is 10.4. The molecule has 0 saturated heterocycles. The summed E-state index contributed by atoms with van der Waals surface area (Å²) in [4.78, 5) is 24.6. The van der Waals surface area contributed by atoms with Gasteiger partial charge in [0, 0.05) is 24.5 Å². The van der Waals surface area contributed by atoms with Gasteiger partial charge in [0.15, 0.2) is 11.6 Å². The maximum absolute atomic E-state index is 15.1. The number of alkyl halides is 1. The minimum atomic E-state index is -1.37. The molecule has 4 N–H and O–H groups in total. The van der Waals surface area contributed by atoms with E-state index in [1.54, 1.807) is 0 Å². The van der Waals surface area contributed by atoms with Gasteiger partial charge in [-0.3, -0.25) is 9.59 Å². The number of fused-ring (bicyclic) bond motifs is 2. The molecule has 0 heterocycles. The van der Waals surface area contributed by atoms with Crippen molar-refractivity contribution in [3.8, 4) is 5.75 Å². The highest BCUT2D eigenvalue weighted by Crippen LogP contribution is 2.64. The molecule has 2 amide bonds. The van der Waals surface area contributed by atoms with Crippen LogP contribution in [0.2, 0.25) is 10.0 Å². The quantitative estimate of drug-likeness (QED) is 0.469. The van der Waals surface area contributed by atoms with Gasteiger partial charge in [0.05, 0.1) is 28.2 Å². The van der Waals surface area contributed by atoms with Gasteiger partial charge in [0.25, 0.3) is 0 Å². The number of benzene rings is 1. The standard InChI is InChI=1S/C22H26Cl2F2N2O4/c1-10(29)27-13-6-11(7-14(13)30)20(32)28-19(21-2-4-22(26,9-21)5-3-21)16-17(24)12(23)8-15(31)18(16)25/h8,11,13-14,19,30-31H,2-7,9H2,1H3,(H,27,29)(H,28,32)/t11-,13+,14-,19-,21?,22?/m1/s1. The van der Waals surface area contributed by atoms with Gasteiger partial charge < -0.3 is 20.8 Å². The number of halogens is 4. The summed E-state index contributed by atoms with van der Waals surface area (Å²) in [6.07, 6.45) is 1.07. The number of hydrogen-bond acceptors (Lipinski definition) is 4. The smallest absolute Gasteiger partial charge is 0.223 e. The molecule has 3 aliphatic carbocycles. The minimum absolute atomic E-state index is 0.0688. The molecule has 32 heavy (non-hydrogen) atoms. The van der Waals surface area contributed by atoms with Gasteiger partial charge in [0.1, 0.15) is 5.67 Å². The van der Waals surface area contributed by atoms with Crippen LogP contribution in [0.3, 0.4) is 0 Å². The topological polar surface area (TPSA) is 98.7 Å². The van der Waals surface area contributed by atoms with Crippen LogP contribution in [0.4, 0.5) is 8.78 Å². The molecule has 0 aliphatic heterocycles. The van der Waals surface area contributed by atoms with Crippen molar-refractivity contribution in [2.24, 2.45) is 11.3 Å². The fraction of sp³-hybridized carbons (Fsp3) is 0.636. The summed E-state index contributed by atoms with van der Waals surface area (Å²) in [5.41, 5.74) is -2.28. The average Bonchev–Trinajstić information content (AvgIpc) is 3.36. The first-order chi connectivity index (χ1) is 14.9. The van der Waals surface area contributed by atoms with E-state index in [9.17, 15) is 19.8 Å². The van der Waals surface area contributed by atoms with Crippen LogP contribution in [-0.4, -0.2) is 39.8 Å². The predicted molar refractivity (Wildman–Crippen MR) is 115 cm³/mol. The number of aliphatic hydroxyl groups is 1. The lowest BCUT2D eigenvalue weighted by atomic mass is 9.74. The molecule has 2 bridgehead atoms. The van der Waals surface area contributed by atoms with Crippen molar-refractivity contribution < 1.29 is 28.6 Å². The highest BCUT2D eigenvalue weighted by molar-refractivity contribution is 6.42. The highest BCUT2D eigenvalue weighted by Gasteiger charge is 2.59. The molecule has 3 saturated carbocycles. The van der Waals surface area contributed by atoms with E-state index in [-0.39, 0.29) is 40.8 Å². The van der Waals surface area contributed by atoms with Crippen LogP contribution in [0.1, 0.15) is 63.5 Å². The first-order valence-corrected chi connectivity index (χ1v) is 11.5. The Morgan fingerprint density at radius 1 is 1.22 bits per heavy atom. The second kappa shape index (κ2) is 8.29. The number of carbonyl (C=O) groups excluding carboxylic acids is 2. The molecule has 0 aromatic heterocycles. The molecule has 176 valence electrons. The number of hydrogen-bond donors (Lipinski definition) is 4. The van der Waals surface area contributed by atoms with Gasteiger partial charge in [0.2, 0.25) is 11.8 Å². The van der Waals surface area contributed by atoms with E-state index in [1.165, 1.54) is 6.92 Å². The highest BCUT2D eigenvalue weighted by atomic mass is 35.5. The number of nitrogens with one attached hydrogen (secondary N) is 2. The lowest BCUT2D eigenvalue weighted by Crippen LogP contribution is -2.42. The summed E-state index contributed by atoms with van der Waals surface area (Å²) in [5.74, 6) is -3.09. The molecule has 0 radical (unpaired) electrons. The fourth-order valence-electron chi connectivity index (χ4n) is 5.87. The van der Waals surface area contributed by atoms with Crippen molar-refractivity contribution in [3.63, 3.8) is 0 Å². The van der Waals surface area contributed by atoms with E-state index in [4.69, 9.17) is 23.2 Å². The fourth-order valence-corrected chi connectivity index (χ4v) is 6.32. The molecular formula is C22H26Cl2F2N2O4. The summed E-state index contributed by atoms with van der Waals surface area (Å²) < 4.78 is 30.2. The first kappa shape index (κ1) is 23.5. The van der Waals surface area contributed by atoms with Crippen molar-refractivity contribution in [2.75, 3.05) is 0 Å². The molecule has 4 atom stereocenters. The number of amides is 2. The van der Waals surface area contributed by atoms with Crippen LogP contribution >= 0.6 is 23.2 Å².